The van der Waals surface area contributed by atoms with Gasteiger partial charge in [0.1, 0.15) is 5.75 Å². The van der Waals surface area contributed by atoms with Gasteiger partial charge in [-0.3, -0.25) is 0 Å². The van der Waals surface area contributed by atoms with Crippen molar-refractivity contribution in [1.29, 1.82) is 0 Å². The third-order valence-corrected chi connectivity index (χ3v) is 2.81. The largest absolute Gasteiger partial charge is 0.497 e. The summed E-state index contributed by atoms with van der Waals surface area (Å²) < 4.78 is 7.45. The van der Waals surface area contributed by atoms with Gasteiger partial charge in [-0.05, 0) is 42.8 Å². The first kappa shape index (κ1) is 11.7. The van der Waals surface area contributed by atoms with Crippen molar-refractivity contribution >= 4 is 0 Å². The molecule has 0 atom stereocenters. The SMILES string of the molecule is COc1cccc(Cn2cccc2CCN)c1. The molecule has 0 aliphatic carbocycles. The second-order valence-electron chi connectivity index (χ2n) is 4.02. The molecule has 0 bridgehead atoms. The van der Waals surface area contributed by atoms with Gasteiger partial charge >= 0.3 is 0 Å². The summed E-state index contributed by atoms with van der Waals surface area (Å²) in [5.74, 6) is 0.898. The van der Waals surface area contributed by atoms with Crippen LogP contribution in [-0.2, 0) is 13.0 Å². The quantitative estimate of drug-likeness (QED) is 0.854. The molecule has 0 unspecified atom stereocenters. The minimum Gasteiger partial charge on any atom is -0.497 e. The summed E-state index contributed by atoms with van der Waals surface area (Å²) in [6, 6.07) is 12.3. The lowest BCUT2D eigenvalue weighted by Crippen LogP contribution is -2.09. The summed E-state index contributed by atoms with van der Waals surface area (Å²) in [6.07, 6.45) is 3.00. The Labute approximate surface area is 102 Å². The maximum Gasteiger partial charge on any atom is 0.119 e. The molecule has 2 N–H and O–H groups in total. The molecule has 0 spiro atoms. The summed E-state index contributed by atoms with van der Waals surface area (Å²) in [5.41, 5.74) is 8.10. The summed E-state index contributed by atoms with van der Waals surface area (Å²) in [5, 5.41) is 0. The highest BCUT2D eigenvalue weighted by Crippen LogP contribution is 2.15. The van der Waals surface area contributed by atoms with E-state index in [1.807, 2.05) is 12.1 Å². The molecule has 0 radical (unpaired) electrons. The Morgan fingerprint density at radius 1 is 1.24 bits per heavy atom. The van der Waals surface area contributed by atoms with Crippen LogP contribution in [0.2, 0.25) is 0 Å². The van der Waals surface area contributed by atoms with Gasteiger partial charge in [-0.25, -0.2) is 0 Å². The molecule has 2 aromatic rings. The van der Waals surface area contributed by atoms with Crippen molar-refractivity contribution in [2.75, 3.05) is 13.7 Å². The van der Waals surface area contributed by atoms with Gasteiger partial charge in [-0.15, -0.1) is 0 Å². The Morgan fingerprint density at radius 3 is 2.88 bits per heavy atom. The molecule has 3 heteroatoms. The maximum atomic E-state index is 5.59. The Morgan fingerprint density at radius 2 is 2.12 bits per heavy atom. The molecule has 0 aliphatic heterocycles. The highest BCUT2D eigenvalue weighted by Gasteiger charge is 2.02. The minimum atomic E-state index is 0.683. The molecule has 0 saturated carbocycles. The number of hydrogen-bond acceptors (Lipinski definition) is 2. The van der Waals surface area contributed by atoms with Crippen molar-refractivity contribution in [3.63, 3.8) is 0 Å². The van der Waals surface area contributed by atoms with E-state index in [-0.39, 0.29) is 0 Å². The molecule has 0 fully saturated rings. The van der Waals surface area contributed by atoms with E-state index in [4.69, 9.17) is 10.5 Å². The summed E-state index contributed by atoms with van der Waals surface area (Å²) in [6.45, 7) is 1.54. The smallest absolute Gasteiger partial charge is 0.119 e. The molecule has 0 aliphatic rings. The van der Waals surface area contributed by atoms with E-state index < -0.39 is 0 Å². The predicted octanol–water partition coefficient (Wildman–Crippen LogP) is 2.05. The molecule has 90 valence electrons. The van der Waals surface area contributed by atoms with E-state index >= 15 is 0 Å². The lowest BCUT2D eigenvalue weighted by molar-refractivity contribution is 0.414. The van der Waals surface area contributed by atoms with Crippen molar-refractivity contribution < 1.29 is 4.74 Å². The van der Waals surface area contributed by atoms with Crippen molar-refractivity contribution in [1.82, 2.24) is 4.57 Å². The molecule has 1 aromatic heterocycles. The maximum absolute atomic E-state index is 5.59. The van der Waals surface area contributed by atoms with Gasteiger partial charge in [0, 0.05) is 18.4 Å². The molecule has 2 rings (SSSR count). The lowest BCUT2D eigenvalue weighted by atomic mass is 10.2. The van der Waals surface area contributed by atoms with Gasteiger partial charge < -0.3 is 15.0 Å². The molecule has 1 aromatic carbocycles. The zero-order valence-electron chi connectivity index (χ0n) is 10.1. The Hall–Kier alpha value is -1.74. The van der Waals surface area contributed by atoms with Crippen LogP contribution in [0.3, 0.4) is 0 Å². The average molecular weight is 230 g/mol. The van der Waals surface area contributed by atoms with Crippen molar-refractivity contribution in [2.45, 2.75) is 13.0 Å². The number of benzene rings is 1. The van der Waals surface area contributed by atoms with Crippen LogP contribution in [0, 0.1) is 0 Å². The van der Waals surface area contributed by atoms with Crippen LogP contribution < -0.4 is 10.5 Å². The Bertz CT molecular complexity index is 477. The fourth-order valence-electron chi connectivity index (χ4n) is 1.95. The summed E-state index contributed by atoms with van der Waals surface area (Å²) >= 11 is 0. The number of aromatic nitrogens is 1. The molecule has 1 heterocycles. The lowest BCUT2D eigenvalue weighted by Gasteiger charge is -2.09. The number of nitrogens with zero attached hydrogens (tertiary/aromatic N) is 1. The van der Waals surface area contributed by atoms with Gasteiger partial charge in [0.15, 0.2) is 0 Å². The number of hydrogen-bond donors (Lipinski definition) is 1. The molecule has 3 nitrogen and oxygen atoms in total. The Kier molecular flexibility index (Phi) is 3.83. The summed E-state index contributed by atoms with van der Waals surface area (Å²) in [4.78, 5) is 0. The fourth-order valence-corrected chi connectivity index (χ4v) is 1.95. The molecule has 17 heavy (non-hydrogen) atoms. The van der Waals surface area contributed by atoms with E-state index in [9.17, 15) is 0 Å². The van der Waals surface area contributed by atoms with Crippen LogP contribution >= 0.6 is 0 Å². The number of methoxy groups -OCH3 is 1. The molecular formula is C14H18N2O. The van der Waals surface area contributed by atoms with Crippen molar-refractivity contribution in [3.8, 4) is 5.75 Å². The van der Waals surface area contributed by atoms with Gasteiger partial charge in [0.05, 0.1) is 7.11 Å². The summed E-state index contributed by atoms with van der Waals surface area (Å²) in [7, 11) is 1.69. The van der Waals surface area contributed by atoms with Crippen LogP contribution in [0.15, 0.2) is 42.6 Å². The van der Waals surface area contributed by atoms with Gasteiger partial charge in [-0.1, -0.05) is 12.1 Å². The second-order valence-corrected chi connectivity index (χ2v) is 4.02. The van der Waals surface area contributed by atoms with E-state index in [1.54, 1.807) is 7.11 Å². The van der Waals surface area contributed by atoms with E-state index in [2.05, 4.69) is 35.0 Å². The van der Waals surface area contributed by atoms with E-state index in [1.165, 1.54) is 11.3 Å². The minimum absolute atomic E-state index is 0.683. The number of nitrogens with two attached hydrogens (primary N) is 1. The number of ether oxygens (including phenoxy) is 1. The topological polar surface area (TPSA) is 40.2 Å². The van der Waals surface area contributed by atoms with Gasteiger partial charge in [-0.2, -0.15) is 0 Å². The van der Waals surface area contributed by atoms with Crippen LogP contribution in [0.25, 0.3) is 0 Å². The third-order valence-electron chi connectivity index (χ3n) is 2.81. The standard InChI is InChI=1S/C14H18N2O/c1-17-14-6-2-4-12(10-14)11-16-9-3-5-13(16)7-8-15/h2-6,9-10H,7-8,11,15H2,1H3. The van der Waals surface area contributed by atoms with Crippen LogP contribution in [0.5, 0.6) is 5.75 Å². The van der Waals surface area contributed by atoms with E-state index in [0.717, 1.165) is 18.7 Å². The third kappa shape index (κ3) is 2.88. The zero-order chi connectivity index (χ0) is 12.1. The first-order chi connectivity index (χ1) is 8.33. The molecule has 0 amide bonds. The predicted molar refractivity (Wildman–Crippen MR) is 69.3 cm³/mol. The van der Waals surface area contributed by atoms with Crippen LogP contribution in [0.4, 0.5) is 0 Å². The monoisotopic (exact) mass is 230 g/mol. The van der Waals surface area contributed by atoms with Crippen molar-refractivity contribution in [3.05, 3.63) is 53.9 Å². The Balaban J connectivity index is 2.16. The average Bonchev–Trinajstić information content (AvgIpc) is 2.78. The second kappa shape index (κ2) is 5.55. The first-order valence-corrected chi connectivity index (χ1v) is 5.80. The highest BCUT2D eigenvalue weighted by atomic mass is 16.5. The fraction of sp³-hybridized carbons (Fsp3) is 0.286. The highest BCUT2D eigenvalue weighted by molar-refractivity contribution is 5.29. The molecule has 0 saturated heterocycles. The normalized spacial score (nSPS) is 10.5. The molecular weight excluding hydrogens is 212 g/mol. The van der Waals surface area contributed by atoms with Gasteiger partial charge in [0.25, 0.3) is 0 Å². The van der Waals surface area contributed by atoms with E-state index in [0.29, 0.717) is 6.54 Å². The number of rotatable bonds is 5. The van der Waals surface area contributed by atoms with Crippen LogP contribution in [-0.4, -0.2) is 18.2 Å². The van der Waals surface area contributed by atoms with Crippen molar-refractivity contribution in [2.24, 2.45) is 5.73 Å². The first-order valence-electron chi connectivity index (χ1n) is 5.80. The van der Waals surface area contributed by atoms with Gasteiger partial charge in [0.2, 0.25) is 0 Å². The van der Waals surface area contributed by atoms with Crippen LogP contribution in [0.1, 0.15) is 11.3 Å². The zero-order valence-corrected chi connectivity index (χ0v) is 10.1.